The van der Waals surface area contributed by atoms with Crippen LogP contribution in [0.5, 0.6) is 0 Å². The summed E-state index contributed by atoms with van der Waals surface area (Å²) in [6.07, 6.45) is -1.59. The molecule has 8 heteroatoms. The van der Waals surface area contributed by atoms with Crippen LogP contribution in [0.4, 0.5) is 8.78 Å². The molecule has 0 atom stereocenters. The summed E-state index contributed by atoms with van der Waals surface area (Å²) >= 11 is 0. The zero-order valence-corrected chi connectivity index (χ0v) is 12.4. The molecule has 1 heterocycles. The monoisotopic (exact) mass is 322 g/mol. The Kier molecular flexibility index (Phi) is 5.40. The molecule has 0 aliphatic rings. The van der Waals surface area contributed by atoms with Gasteiger partial charge in [0.1, 0.15) is 5.69 Å². The number of hydrogen-bond acceptors (Lipinski definition) is 3. The van der Waals surface area contributed by atoms with Crippen molar-refractivity contribution in [2.75, 3.05) is 13.1 Å². The maximum atomic E-state index is 12.8. The van der Waals surface area contributed by atoms with Crippen molar-refractivity contribution < 1.29 is 18.4 Å². The maximum Gasteiger partial charge on any atom is 0.282 e. The van der Waals surface area contributed by atoms with E-state index in [-0.39, 0.29) is 24.6 Å². The molecule has 2 amide bonds. The molecule has 2 N–H and O–H groups in total. The number of halogens is 2. The number of carbonyl (C=O) groups is 2. The van der Waals surface area contributed by atoms with Gasteiger partial charge in [-0.05, 0) is 12.1 Å². The fourth-order valence-electron chi connectivity index (χ4n) is 1.98. The average molecular weight is 322 g/mol. The van der Waals surface area contributed by atoms with Gasteiger partial charge in [0.2, 0.25) is 0 Å². The van der Waals surface area contributed by atoms with Gasteiger partial charge in [-0.3, -0.25) is 14.3 Å². The number of benzene rings is 1. The van der Waals surface area contributed by atoms with Crippen LogP contribution in [0.15, 0.2) is 36.5 Å². The molecule has 1 aromatic heterocycles. The van der Waals surface area contributed by atoms with E-state index in [0.29, 0.717) is 5.56 Å². The molecule has 122 valence electrons. The number of amides is 2. The molecule has 2 aromatic rings. The first kappa shape index (κ1) is 16.6. The number of alkyl halides is 2. The third kappa shape index (κ3) is 4.35. The van der Waals surface area contributed by atoms with E-state index < -0.39 is 18.0 Å². The van der Waals surface area contributed by atoms with Gasteiger partial charge in [0.05, 0.1) is 5.56 Å². The highest BCUT2D eigenvalue weighted by Crippen LogP contribution is 2.20. The summed E-state index contributed by atoms with van der Waals surface area (Å²) in [5.41, 5.74) is -0.221. The minimum atomic E-state index is -2.82. The lowest BCUT2D eigenvalue weighted by atomic mass is 10.2. The summed E-state index contributed by atoms with van der Waals surface area (Å²) in [5, 5.41) is 8.66. The second-order valence-corrected chi connectivity index (χ2v) is 4.78. The van der Waals surface area contributed by atoms with Crippen molar-refractivity contribution in [1.82, 2.24) is 20.4 Å². The molecule has 0 radical (unpaired) electrons. The van der Waals surface area contributed by atoms with Gasteiger partial charge in [-0.25, -0.2) is 8.78 Å². The third-order valence-corrected chi connectivity index (χ3v) is 3.04. The fraction of sp³-hybridized carbons (Fsp3) is 0.267. The summed E-state index contributed by atoms with van der Waals surface area (Å²) in [6.45, 7) is 0.304. The van der Waals surface area contributed by atoms with E-state index in [2.05, 4.69) is 15.7 Å². The lowest BCUT2D eigenvalue weighted by molar-refractivity contribution is 0.0920. The van der Waals surface area contributed by atoms with Gasteiger partial charge >= 0.3 is 0 Å². The maximum absolute atomic E-state index is 12.8. The Morgan fingerprint density at radius 3 is 2.35 bits per heavy atom. The van der Waals surface area contributed by atoms with Crippen LogP contribution in [0.25, 0.3) is 0 Å². The average Bonchev–Trinajstić information content (AvgIpc) is 2.94. The Labute approximate surface area is 131 Å². The van der Waals surface area contributed by atoms with E-state index in [0.717, 1.165) is 4.68 Å². The van der Waals surface area contributed by atoms with Gasteiger partial charge < -0.3 is 10.6 Å². The predicted molar refractivity (Wildman–Crippen MR) is 79.3 cm³/mol. The van der Waals surface area contributed by atoms with Gasteiger partial charge in [-0.1, -0.05) is 18.2 Å². The Bertz CT molecular complexity index is 686. The molecule has 6 nitrogen and oxygen atoms in total. The van der Waals surface area contributed by atoms with Crippen LogP contribution in [-0.4, -0.2) is 34.7 Å². The number of aryl methyl sites for hydroxylation is 1. The molecule has 23 heavy (non-hydrogen) atoms. The van der Waals surface area contributed by atoms with Crippen molar-refractivity contribution in [2.24, 2.45) is 7.05 Å². The molecular formula is C15H16F2N4O2. The normalized spacial score (nSPS) is 10.6. The summed E-state index contributed by atoms with van der Waals surface area (Å²) in [4.78, 5) is 23.7. The Balaban J connectivity index is 1.83. The quantitative estimate of drug-likeness (QED) is 0.792. The molecule has 0 unspecified atom stereocenters. The van der Waals surface area contributed by atoms with Crippen LogP contribution in [0, 0.1) is 0 Å². The minimum absolute atomic E-state index is 0.120. The van der Waals surface area contributed by atoms with Gasteiger partial charge in [0, 0.05) is 31.9 Å². The van der Waals surface area contributed by atoms with E-state index in [9.17, 15) is 18.4 Å². The minimum Gasteiger partial charge on any atom is -0.350 e. The topological polar surface area (TPSA) is 76.0 Å². The zero-order valence-electron chi connectivity index (χ0n) is 12.4. The first-order valence-corrected chi connectivity index (χ1v) is 6.92. The van der Waals surface area contributed by atoms with E-state index in [4.69, 9.17) is 0 Å². The number of carbonyl (C=O) groups excluding carboxylic acids is 2. The van der Waals surface area contributed by atoms with Crippen LogP contribution >= 0.6 is 0 Å². The highest BCUT2D eigenvalue weighted by atomic mass is 19.3. The third-order valence-electron chi connectivity index (χ3n) is 3.04. The lowest BCUT2D eigenvalue weighted by Gasteiger charge is -2.07. The van der Waals surface area contributed by atoms with Crippen molar-refractivity contribution in [3.63, 3.8) is 0 Å². The van der Waals surface area contributed by atoms with Crippen LogP contribution in [0.1, 0.15) is 32.8 Å². The summed E-state index contributed by atoms with van der Waals surface area (Å²) in [7, 11) is 1.46. The molecule has 0 aliphatic carbocycles. The second kappa shape index (κ2) is 7.48. The van der Waals surface area contributed by atoms with E-state index in [1.54, 1.807) is 30.3 Å². The van der Waals surface area contributed by atoms with Crippen molar-refractivity contribution in [2.45, 2.75) is 6.43 Å². The number of aromatic nitrogens is 2. The van der Waals surface area contributed by atoms with Gasteiger partial charge in [-0.2, -0.15) is 5.10 Å². The van der Waals surface area contributed by atoms with Crippen molar-refractivity contribution in [1.29, 1.82) is 0 Å². The predicted octanol–water partition coefficient (Wildman–Crippen LogP) is 1.52. The van der Waals surface area contributed by atoms with E-state index in [1.165, 1.54) is 13.2 Å². The van der Waals surface area contributed by atoms with Crippen LogP contribution < -0.4 is 10.6 Å². The highest BCUT2D eigenvalue weighted by Gasteiger charge is 2.22. The van der Waals surface area contributed by atoms with Crippen molar-refractivity contribution in [3.8, 4) is 0 Å². The molecule has 2 rings (SSSR count). The molecule has 0 spiro atoms. The van der Waals surface area contributed by atoms with E-state index in [1.807, 2.05) is 0 Å². The molecular weight excluding hydrogens is 306 g/mol. The zero-order chi connectivity index (χ0) is 16.8. The number of nitrogens with one attached hydrogen (secondary N) is 2. The van der Waals surface area contributed by atoms with Gasteiger partial charge in [0.15, 0.2) is 0 Å². The van der Waals surface area contributed by atoms with Crippen molar-refractivity contribution in [3.05, 3.63) is 53.3 Å². The second-order valence-electron chi connectivity index (χ2n) is 4.78. The fourth-order valence-corrected chi connectivity index (χ4v) is 1.98. The first-order valence-electron chi connectivity index (χ1n) is 6.92. The van der Waals surface area contributed by atoms with Gasteiger partial charge in [-0.15, -0.1) is 0 Å². The first-order chi connectivity index (χ1) is 11.0. The Morgan fingerprint density at radius 1 is 1.13 bits per heavy atom. The van der Waals surface area contributed by atoms with Gasteiger partial charge in [0.25, 0.3) is 18.2 Å². The summed E-state index contributed by atoms with van der Waals surface area (Å²) in [6, 6.07) is 8.61. The Hall–Kier alpha value is -2.77. The number of rotatable bonds is 6. The molecule has 1 aromatic carbocycles. The standard InChI is InChI=1S/C15H16F2N4O2/c1-21-9-11(12(20-21)13(16)17)15(23)19-8-7-18-14(22)10-5-3-2-4-6-10/h2-6,9,13H,7-8H2,1H3,(H,18,22)(H,19,23). The number of nitrogens with zero attached hydrogens (tertiary/aromatic N) is 2. The molecule has 0 saturated carbocycles. The largest absolute Gasteiger partial charge is 0.350 e. The van der Waals surface area contributed by atoms with Crippen LogP contribution in [-0.2, 0) is 7.05 Å². The smallest absolute Gasteiger partial charge is 0.282 e. The SMILES string of the molecule is Cn1cc(C(=O)NCCNC(=O)c2ccccc2)c(C(F)F)n1. The summed E-state index contributed by atoms with van der Waals surface area (Å²) in [5.74, 6) is -0.920. The number of hydrogen-bond donors (Lipinski definition) is 2. The Morgan fingerprint density at radius 2 is 1.74 bits per heavy atom. The molecule has 0 fully saturated rings. The molecule has 0 bridgehead atoms. The molecule has 0 saturated heterocycles. The molecule has 0 aliphatic heterocycles. The summed E-state index contributed by atoms with van der Waals surface area (Å²) < 4.78 is 26.7. The lowest BCUT2D eigenvalue weighted by Crippen LogP contribution is -2.34. The van der Waals surface area contributed by atoms with E-state index >= 15 is 0 Å². The highest BCUT2D eigenvalue weighted by molar-refractivity contribution is 5.95. The van der Waals surface area contributed by atoms with Crippen LogP contribution in [0.2, 0.25) is 0 Å². The van der Waals surface area contributed by atoms with Crippen molar-refractivity contribution >= 4 is 11.8 Å². The van der Waals surface area contributed by atoms with Crippen LogP contribution in [0.3, 0.4) is 0 Å².